The lowest BCUT2D eigenvalue weighted by Crippen LogP contribution is -2.50. The van der Waals surface area contributed by atoms with Gasteiger partial charge in [-0.2, -0.15) is 0 Å². The number of carbonyl (C=O) groups excluding carboxylic acids is 2. The van der Waals surface area contributed by atoms with E-state index in [-0.39, 0.29) is 0 Å². The highest BCUT2D eigenvalue weighted by Gasteiger charge is 2.26. The summed E-state index contributed by atoms with van der Waals surface area (Å²) in [6, 6.07) is 10.1. The van der Waals surface area contributed by atoms with E-state index >= 15 is 0 Å². The molecule has 0 unspecified atom stereocenters. The van der Waals surface area contributed by atoms with Gasteiger partial charge in [-0.1, -0.05) is 18.2 Å². The first-order valence-corrected chi connectivity index (χ1v) is 8.30. The number of benzene rings is 1. The van der Waals surface area contributed by atoms with Crippen LogP contribution >= 0.6 is 0 Å². The van der Waals surface area contributed by atoms with Crippen molar-refractivity contribution in [3.05, 3.63) is 30.3 Å². The molecule has 0 saturated carbocycles. The number of likely N-dealkylation sites (tertiary alicyclic amines) is 1. The van der Waals surface area contributed by atoms with E-state index in [2.05, 4.69) is 17.0 Å². The van der Waals surface area contributed by atoms with Gasteiger partial charge in [0.2, 0.25) is 0 Å². The maximum Gasteiger partial charge on any atom is 0.418 e. The summed E-state index contributed by atoms with van der Waals surface area (Å²) in [5, 5.41) is 0. The first-order chi connectivity index (χ1) is 11.2. The minimum Gasteiger partial charge on any atom is -0.368 e. The second-order valence-corrected chi connectivity index (χ2v) is 5.99. The zero-order valence-corrected chi connectivity index (χ0v) is 13.3. The van der Waals surface area contributed by atoms with Gasteiger partial charge in [-0.25, -0.2) is 9.59 Å². The Kier molecular flexibility index (Phi) is 5.00. The molecule has 0 aliphatic carbocycles. The molecule has 23 heavy (non-hydrogen) atoms. The second-order valence-electron chi connectivity index (χ2n) is 5.99. The Labute approximate surface area is 136 Å². The molecule has 2 heterocycles. The maximum atomic E-state index is 12.1. The number of piperidine rings is 1. The average molecular weight is 317 g/mol. The maximum absolute atomic E-state index is 12.1. The quantitative estimate of drug-likeness (QED) is 0.747. The van der Waals surface area contributed by atoms with Gasteiger partial charge < -0.3 is 19.4 Å². The van der Waals surface area contributed by atoms with Crippen molar-refractivity contribution in [1.29, 1.82) is 0 Å². The Bertz CT molecular complexity index is 535. The van der Waals surface area contributed by atoms with Crippen LogP contribution in [0.25, 0.3) is 0 Å². The molecule has 6 heteroatoms. The van der Waals surface area contributed by atoms with Crippen LogP contribution in [0.2, 0.25) is 0 Å². The summed E-state index contributed by atoms with van der Waals surface area (Å²) in [7, 11) is 0. The number of anilines is 1. The van der Waals surface area contributed by atoms with Gasteiger partial charge in [0.05, 0.1) is 0 Å². The Morgan fingerprint density at radius 2 is 1.30 bits per heavy atom. The summed E-state index contributed by atoms with van der Waals surface area (Å²) < 4.78 is 5.03. The van der Waals surface area contributed by atoms with Crippen LogP contribution in [0, 0.1) is 0 Å². The summed E-state index contributed by atoms with van der Waals surface area (Å²) in [5.74, 6) is 0. The fourth-order valence-corrected chi connectivity index (χ4v) is 3.07. The number of hydrogen-bond donors (Lipinski definition) is 0. The third-order valence-corrected chi connectivity index (χ3v) is 4.45. The highest BCUT2D eigenvalue weighted by molar-refractivity contribution is 5.83. The molecule has 2 aliphatic rings. The van der Waals surface area contributed by atoms with E-state index in [4.69, 9.17) is 4.74 Å². The number of ether oxygens (including phenoxy) is 1. The molecule has 6 nitrogen and oxygen atoms in total. The van der Waals surface area contributed by atoms with E-state index in [9.17, 15) is 9.59 Å². The fourth-order valence-electron chi connectivity index (χ4n) is 3.07. The highest BCUT2D eigenvalue weighted by atomic mass is 16.6. The Morgan fingerprint density at radius 3 is 1.91 bits per heavy atom. The molecule has 2 aliphatic heterocycles. The molecular weight excluding hydrogens is 294 g/mol. The predicted molar refractivity (Wildman–Crippen MR) is 87.5 cm³/mol. The van der Waals surface area contributed by atoms with Crippen molar-refractivity contribution in [2.45, 2.75) is 19.3 Å². The third-order valence-electron chi connectivity index (χ3n) is 4.45. The molecule has 1 aromatic rings. The lowest BCUT2D eigenvalue weighted by Gasteiger charge is -2.35. The van der Waals surface area contributed by atoms with Gasteiger partial charge >= 0.3 is 12.2 Å². The summed E-state index contributed by atoms with van der Waals surface area (Å²) >= 11 is 0. The van der Waals surface area contributed by atoms with E-state index in [1.54, 1.807) is 9.80 Å². The molecule has 3 rings (SSSR count). The van der Waals surface area contributed by atoms with Crippen molar-refractivity contribution in [2.75, 3.05) is 44.2 Å². The van der Waals surface area contributed by atoms with Gasteiger partial charge in [-0.15, -0.1) is 0 Å². The van der Waals surface area contributed by atoms with Crippen LogP contribution in [-0.2, 0) is 4.74 Å². The smallest absolute Gasteiger partial charge is 0.368 e. The van der Waals surface area contributed by atoms with Crippen LogP contribution in [0.1, 0.15) is 19.3 Å². The predicted octanol–water partition coefficient (Wildman–Crippen LogP) is 2.55. The number of para-hydroxylation sites is 1. The third kappa shape index (κ3) is 3.94. The second kappa shape index (κ2) is 7.35. The molecule has 2 fully saturated rings. The summed E-state index contributed by atoms with van der Waals surface area (Å²) in [6.07, 6.45) is 2.09. The number of hydrogen-bond acceptors (Lipinski definition) is 4. The molecule has 124 valence electrons. The molecule has 0 N–H and O–H groups in total. The number of carbonyl (C=O) groups is 2. The van der Waals surface area contributed by atoms with Crippen LogP contribution < -0.4 is 4.90 Å². The summed E-state index contributed by atoms with van der Waals surface area (Å²) in [4.78, 5) is 29.6. The fraction of sp³-hybridized carbons (Fsp3) is 0.529. The van der Waals surface area contributed by atoms with Crippen LogP contribution in [0.3, 0.4) is 0 Å². The van der Waals surface area contributed by atoms with Gasteiger partial charge in [0.1, 0.15) is 0 Å². The Hall–Kier alpha value is -2.24. The normalized spacial score (nSPS) is 18.7. The van der Waals surface area contributed by atoms with E-state index in [0.29, 0.717) is 26.2 Å². The number of amides is 2. The Balaban J connectivity index is 1.47. The summed E-state index contributed by atoms with van der Waals surface area (Å²) in [5.41, 5.74) is 1.16. The molecule has 0 aromatic heterocycles. The van der Waals surface area contributed by atoms with E-state index < -0.39 is 12.2 Å². The van der Waals surface area contributed by atoms with Crippen molar-refractivity contribution in [1.82, 2.24) is 9.80 Å². The molecule has 0 spiro atoms. The van der Waals surface area contributed by atoms with Crippen molar-refractivity contribution in [2.24, 2.45) is 0 Å². The minimum atomic E-state index is -0.520. The molecule has 0 radical (unpaired) electrons. The van der Waals surface area contributed by atoms with Crippen LogP contribution in [-0.4, -0.2) is 61.3 Å². The minimum absolute atomic E-state index is 0.500. The van der Waals surface area contributed by atoms with E-state index in [1.165, 1.54) is 0 Å². The van der Waals surface area contributed by atoms with E-state index in [0.717, 1.165) is 38.0 Å². The monoisotopic (exact) mass is 317 g/mol. The van der Waals surface area contributed by atoms with Crippen molar-refractivity contribution < 1.29 is 14.3 Å². The zero-order chi connectivity index (χ0) is 16.1. The van der Waals surface area contributed by atoms with Gasteiger partial charge in [-0.3, -0.25) is 0 Å². The lowest BCUT2D eigenvalue weighted by atomic mass is 10.1. The van der Waals surface area contributed by atoms with Gasteiger partial charge in [0.15, 0.2) is 0 Å². The SMILES string of the molecule is O=C(OC(=O)N1CCN(c2ccccc2)CC1)N1CCCCC1. The zero-order valence-electron chi connectivity index (χ0n) is 13.3. The molecular formula is C17H23N3O3. The van der Waals surface area contributed by atoms with Gasteiger partial charge in [0, 0.05) is 45.0 Å². The van der Waals surface area contributed by atoms with Gasteiger partial charge in [-0.05, 0) is 31.4 Å². The van der Waals surface area contributed by atoms with Crippen LogP contribution in [0.5, 0.6) is 0 Å². The number of piperazine rings is 1. The molecule has 2 amide bonds. The summed E-state index contributed by atoms with van der Waals surface area (Å²) in [6.45, 7) is 4.01. The average Bonchev–Trinajstić information content (AvgIpc) is 2.63. The standard InChI is InChI=1S/C17H23N3O3/c21-16(19-9-5-2-6-10-19)23-17(22)20-13-11-18(12-14-20)15-7-3-1-4-8-15/h1,3-4,7-8H,2,5-6,9-14H2. The van der Waals surface area contributed by atoms with Gasteiger partial charge in [0.25, 0.3) is 0 Å². The first-order valence-electron chi connectivity index (χ1n) is 8.30. The van der Waals surface area contributed by atoms with Crippen molar-refractivity contribution in [3.8, 4) is 0 Å². The van der Waals surface area contributed by atoms with E-state index in [1.807, 2.05) is 18.2 Å². The topological polar surface area (TPSA) is 53.1 Å². The molecule has 0 bridgehead atoms. The van der Waals surface area contributed by atoms with Crippen LogP contribution in [0.4, 0.5) is 15.3 Å². The largest absolute Gasteiger partial charge is 0.418 e. The molecule has 2 saturated heterocycles. The lowest BCUT2D eigenvalue weighted by molar-refractivity contribution is 0.0883. The highest BCUT2D eigenvalue weighted by Crippen LogP contribution is 2.16. The van der Waals surface area contributed by atoms with Crippen molar-refractivity contribution >= 4 is 17.9 Å². The first kappa shape index (κ1) is 15.6. The van der Waals surface area contributed by atoms with Crippen molar-refractivity contribution in [3.63, 3.8) is 0 Å². The number of nitrogens with zero attached hydrogens (tertiary/aromatic N) is 3. The van der Waals surface area contributed by atoms with Crippen LogP contribution in [0.15, 0.2) is 30.3 Å². The Morgan fingerprint density at radius 1 is 0.739 bits per heavy atom. The molecule has 1 aromatic carbocycles. The molecule has 0 atom stereocenters. The number of rotatable bonds is 1.